The molecule has 2 atom stereocenters. The van der Waals surface area contributed by atoms with Gasteiger partial charge in [-0.05, 0) is 90.5 Å². The zero-order chi connectivity index (χ0) is 37.9. The highest BCUT2D eigenvalue weighted by molar-refractivity contribution is 6.38. The van der Waals surface area contributed by atoms with E-state index in [-0.39, 0.29) is 37.3 Å². The smallest absolute Gasteiger partial charge is 0.344 e. The molecule has 0 aromatic heterocycles. The fourth-order valence-corrected chi connectivity index (χ4v) is 5.44. The third kappa shape index (κ3) is 11.3. The number of ketones is 1. The summed E-state index contributed by atoms with van der Waals surface area (Å²) < 4.78 is 48.6. The minimum atomic E-state index is -1.38. The van der Waals surface area contributed by atoms with Crippen molar-refractivity contribution in [2.24, 2.45) is 5.41 Å². The lowest BCUT2D eigenvalue weighted by Gasteiger charge is -2.36. The average Bonchev–Trinajstić information content (AvgIpc) is 3.10. The molecule has 0 bridgehead atoms. The highest BCUT2D eigenvalue weighted by Gasteiger charge is 2.42. The molecule has 2 aromatic rings. The molecule has 0 saturated carbocycles. The van der Waals surface area contributed by atoms with E-state index in [1.165, 1.54) is 51.2 Å². The van der Waals surface area contributed by atoms with E-state index in [0.29, 0.717) is 30.8 Å². The first-order valence-corrected chi connectivity index (χ1v) is 16.7. The Labute approximate surface area is 298 Å². The number of carbonyl (C=O) groups excluding carboxylic acids is 5. The quantitative estimate of drug-likeness (QED) is 0.0944. The fourth-order valence-electron chi connectivity index (χ4n) is 5.44. The number of carbonyl (C=O) groups is 5. The minimum absolute atomic E-state index is 0.0135. The van der Waals surface area contributed by atoms with E-state index in [1.54, 1.807) is 39.0 Å². The Bertz CT molecular complexity index is 1600. The standard InChI is InChI=1S/C38H48FNO11/c1-9-31(41)49-23-38(5,6)34(43)35(44)40-20-11-10-14-26(40)36(45)50-27(18-16-24-17-19-28(46-7)30(21-24)47-8)25-13-12-15-29(33(25)39)48-22-32(42)51-37(2,3)4/h9,12-13,15,17,19,21,26-27H,1,10-11,14,16,18,20,22-23H2,2-8H3/t26-,27+/m0/s1. The molecule has 1 amide bonds. The Morgan fingerprint density at radius 1 is 0.980 bits per heavy atom. The molecule has 2 aromatic carbocycles. The fraction of sp³-hybridized carbons (Fsp3) is 0.500. The van der Waals surface area contributed by atoms with Crippen molar-refractivity contribution in [3.63, 3.8) is 0 Å². The van der Waals surface area contributed by atoms with Crippen LogP contribution in [0.1, 0.15) is 77.5 Å². The van der Waals surface area contributed by atoms with E-state index in [9.17, 15) is 24.0 Å². The minimum Gasteiger partial charge on any atom is -0.493 e. The summed E-state index contributed by atoms with van der Waals surface area (Å²) in [5.74, 6) is -4.09. The maximum Gasteiger partial charge on any atom is 0.344 e. The van der Waals surface area contributed by atoms with Gasteiger partial charge in [0.1, 0.15) is 24.4 Å². The first kappa shape index (κ1) is 40.5. The number of hydrogen-bond donors (Lipinski definition) is 0. The molecular weight excluding hydrogens is 665 g/mol. The number of piperidine rings is 1. The van der Waals surface area contributed by atoms with E-state index in [2.05, 4.69) is 6.58 Å². The molecule has 0 radical (unpaired) electrons. The lowest BCUT2D eigenvalue weighted by atomic mass is 9.87. The summed E-state index contributed by atoms with van der Waals surface area (Å²) in [4.78, 5) is 65.8. The van der Waals surface area contributed by atoms with Gasteiger partial charge in [-0.2, -0.15) is 0 Å². The van der Waals surface area contributed by atoms with Crippen LogP contribution < -0.4 is 14.2 Å². The van der Waals surface area contributed by atoms with Crippen LogP contribution in [0.2, 0.25) is 0 Å². The van der Waals surface area contributed by atoms with Gasteiger partial charge in [-0.15, -0.1) is 0 Å². The summed E-state index contributed by atoms with van der Waals surface area (Å²) >= 11 is 0. The summed E-state index contributed by atoms with van der Waals surface area (Å²) in [6, 6.07) is 8.47. The number of methoxy groups -OCH3 is 2. The van der Waals surface area contributed by atoms with Gasteiger partial charge in [0.05, 0.1) is 19.6 Å². The lowest BCUT2D eigenvalue weighted by Crippen LogP contribution is -2.53. The monoisotopic (exact) mass is 713 g/mol. The van der Waals surface area contributed by atoms with Crippen molar-refractivity contribution < 1.29 is 56.8 Å². The van der Waals surface area contributed by atoms with Crippen LogP contribution in [-0.4, -0.2) is 80.1 Å². The summed E-state index contributed by atoms with van der Waals surface area (Å²) in [5, 5.41) is 0. The predicted molar refractivity (Wildman–Crippen MR) is 184 cm³/mol. The lowest BCUT2D eigenvalue weighted by molar-refractivity contribution is -0.165. The van der Waals surface area contributed by atoms with Gasteiger partial charge in [0.15, 0.2) is 29.7 Å². The van der Waals surface area contributed by atoms with Crippen LogP contribution >= 0.6 is 0 Å². The number of benzene rings is 2. The van der Waals surface area contributed by atoms with Crippen molar-refractivity contribution in [3.05, 3.63) is 66.0 Å². The number of rotatable bonds is 16. The molecule has 1 fully saturated rings. The molecule has 1 aliphatic heterocycles. The van der Waals surface area contributed by atoms with E-state index < -0.39 is 65.2 Å². The van der Waals surface area contributed by atoms with Crippen LogP contribution in [0.3, 0.4) is 0 Å². The van der Waals surface area contributed by atoms with Crippen molar-refractivity contribution in [1.29, 1.82) is 0 Å². The van der Waals surface area contributed by atoms with Gasteiger partial charge >= 0.3 is 17.9 Å². The second-order valence-corrected chi connectivity index (χ2v) is 13.7. The Morgan fingerprint density at radius 2 is 1.69 bits per heavy atom. The Kier molecular flexibility index (Phi) is 14.1. The molecule has 0 aliphatic carbocycles. The van der Waals surface area contributed by atoms with Crippen molar-refractivity contribution in [2.45, 2.75) is 84.5 Å². The molecule has 0 spiro atoms. The Hall–Kier alpha value is -4.94. The Balaban J connectivity index is 1.90. The third-order valence-electron chi connectivity index (χ3n) is 8.09. The van der Waals surface area contributed by atoms with Crippen LogP contribution in [0.5, 0.6) is 17.2 Å². The van der Waals surface area contributed by atoms with Crippen molar-refractivity contribution >= 4 is 29.6 Å². The number of hydrogen-bond acceptors (Lipinski definition) is 11. The number of amides is 1. The summed E-state index contributed by atoms with van der Waals surface area (Å²) in [7, 11) is 3.01. The van der Waals surface area contributed by atoms with Crippen molar-refractivity contribution in [3.8, 4) is 17.2 Å². The first-order chi connectivity index (χ1) is 24.0. The van der Waals surface area contributed by atoms with Crippen LogP contribution in [0.15, 0.2) is 49.1 Å². The molecule has 13 heteroatoms. The van der Waals surface area contributed by atoms with Crippen molar-refractivity contribution in [2.75, 3.05) is 34.0 Å². The zero-order valence-electron chi connectivity index (χ0n) is 30.4. The molecule has 1 aliphatic rings. The van der Waals surface area contributed by atoms with Crippen molar-refractivity contribution in [1.82, 2.24) is 4.90 Å². The van der Waals surface area contributed by atoms with E-state index in [4.69, 9.17) is 28.4 Å². The molecule has 12 nitrogen and oxygen atoms in total. The number of aryl methyl sites for hydroxylation is 1. The van der Waals surface area contributed by atoms with Crippen LogP contribution in [-0.2, 0) is 44.6 Å². The highest BCUT2D eigenvalue weighted by atomic mass is 19.1. The summed E-state index contributed by atoms with van der Waals surface area (Å²) in [6.45, 7) is 10.5. The van der Waals surface area contributed by atoms with E-state index >= 15 is 4.39 Å². The van der Waals surface area contributed by atoms with Gasteiger partial charge in [0.25, 0.3) is 5.91 Å². The first-order valence-electron chi connectivity index (χ1n) is 16.7. The predicted octanol–water partition coefficient (Wildman–Crippen LogP) is 5.49. The molecule has 278 valence electrons. The SMILES string of the molecule is C=CC(=O)OCC(C)(C)C(=O)C(=O)N1CCCC[C@H]1C(=O)O[C@H](CCc1ccc(OC)c(OC)c1)c1cccc(OCC(=O)OC(C)(C)C)c1F. The van der Waals surface area contributed by atoms with Crippen LogP contribution in [0.4, 0.5) is 4.39 Å². The zero-order valence-corrected chi connectivity index (χ0v) is 30.4. The summed E-state index contributed by atoms with van der Waals surface area (Å²) in [5.41, 5.74) is -1.38. The number of Topliss-reactive ketones (excluding diaryl/α,β-unsaturated/α-hetero) is 1. The normalized spacial score (nSPS) is 15.2. The number of nitrogens with zero attached hydrogens (tertiary/aromatic N) is 1. The maximum atomic E-state index is 16.1. The van der Waals surface area contributed by atoms with Crippen LogP contribution in [0.25, 0.3) is 0 Å². The highest BCUT2D eigenvalue weighted by Crippen LogP contribution is 2.34. The van der Waals surface area contributed by atoms with Gasteiger partial charge in [0, 0.05) is 18.2 Å². The largest absolute Gasteiger partial charge is 0.493 e. The van der Waals surface area contributed by atoms with Crippen LogP contribution in [0, 0.1) is 11.2 Å². The maximum absolute atomic E-state index is 16.1. The molecule has 0 N–H and O–H groups in total. The molecule has 51 heavy (non-hydrogen) atoms. The molecular formula is C38H48FNO11. The second-order valence-electron chi connectivity index (χ2n) is 13.7. The number of ether oxygens (including phenoxy) is 6. The molecule has 1 heterocycles. The van der Waals surface area contributed by atoms with Gasteiger partial charge in [-0.1, -0.05) is 24.8 Å². The number of halogens is 1. The van der Waals surface area contributed by atoms with Gasteiger partial charge < -0.3 is 33.3 Å². The summed E-state index contributed by atoms with van der Waals surface area (Å²) in [6.07, 6.45) is 1.54. The molecule has 3 rings (SSSR count). The molecule has 1 saturated heterocycles. The van der Waals surface area contributed by atoms with E-state index in [1.807, 2.05) is 0 Å². The Morgan fingerprint density at radius 3 is 2.33 bits per heavy atom. The average molecular weight is 714 g/mol. The second kappa shape index (κ2) is 17.8. The molecule has 0 unspecified atom stereocenters. The number of esters is 3. The third-order valence-corrected chi connectivity index (χ3v) is 8.09. The van der Waals surface area contributed by atoms with E-state index in [0.717, 1.165) is 11.6 Å². The van der Waals surface area contributed by atoms with Gasteiger partial charge in [-0.3, -0.25) is 9.59 Å². The topological polar surface area (TPSA) is 144 Å². The number of likely N-dealkylation sites (tertiary alicyclic amines) is 1. The van der Waals surface area contributed by atoms with Gasteiger partial charge in [-0.25, -0.2) is 18.8 Å². The van der Waals surface area contributed by atoms with Gasteiger partial charge in [0.2, 0.25) is 5.78 Å².